The predicted octanol–water partition coefficient (Wildman–Crippen LogP) is 0.697. The van der Waals surface area contributed by atoms with Crippen LogP contribution in [0.2, 0.25) is 0 Å². The largest absolute Gasteiger partial charge is 0.447 e. The molecule has 0 aliphatic heterocycles. The van der Waals surface area contributed by atoms with Gasteiger partial charge in [-0.25, -0.2) is 4.79 Å². The van der Waals surface area contributed by atoms with Crippen LogP contribution in [0.4, 0.5) is 4.79 Å². The molecule has 0 spiro atoms. The second kappa shape index (κ2) is 15.5. The highest BCUT2D eigenvalue weighted by atomic mass is 16.6. The maximum atomic E-state index is 11.4. The normalized spacial score (nSPS) is 11.8. The van der Waals surface area contributed by atoms with Gasteiger partial charge in [-0.15, -0.1) is 0 Å². The van der Waals surface area contributed by atoms with Gasteiger partial charge in [0.1, 0.15) is 12.7 Å². The average molecular weight is 334 g/mol. The number of hydrogen-bond acceptors (Lipinski definition) is 6. The van der Waals surface area contributed by atoms with E-state index in [4.69, 9.17) is 18.9 Å². The summed E-state index contributed by atoms with van der Waals surface area (Å²) in [7, 11) is 3.09. The average Bonchev–Trinajstić information content (AvgIpc) is 2.55. The van der Waals surface area contributed by atoms with Crippen molar-refractivity contribution < 1.29 is 28.5 Å². The molecule has 0 aromatic heterocycles. The topological polar surface area (TPSA) is 95.1 Å². The standard InChI is InChI=1S/C15H30N2O6/c1-4-7-16-14(18)6-10-22-9-5-8-17-15(19)23-12-13(21-3)11-20-2/h13H,4-12H2,1-3H3,(H,16,18)(H,17,19). The van der Waals surface area contributed by atoms with Crippen molar-refractivity contribution in [2.75, 3.05) is 53.7 Å². The molecule has 0 aromatic rings. The molecule has 0 aromatic carbocycles. The fourth-order valence-corrected chi connectivity index (χ4v) is 1.57. The molecule has 0 radical (unpaired) electrons. The molecule has 0 fully saturated rings. The molecule has 2 N–H and O–H groups in total. The SMILES string of the molecule is CCCNC(=O)CCOCCCNC(=O)OCC(COC)OC. The van der Waals surface area contributed by atoms with E-state index < -0.39 is 6.09 Å². The van der Waals surface area contributed by atoms with Crippen LogP contribution >= 0.6 is 0 Å². The number of methoxy groups -OCH3 is 2. The highest BCUT2D eigenvalue weighted by Gasteiger charge is 2.10. The van der Waals surface area contributed by atoms with Crippen molar-refractivity contribution in [3.05, 3.63) is 0 Å². The second-order valence-electron chi connectivity index (χ2n) is 4.90. The van der Waals surface area contributed by atoms with Crippen LogP contribution in [0.3, 0.4) is 0 Å². The van der Waals surface area contributed by atoms with Crippen LogP contribution in [-0.2, 0) is 23.7 Å². The molecule has 0 heterocycles. The Hall–Kier alpha value is -1.38. The fraction of sp³-hybridized carbons (Fsp3) is 0.867. The van der Waals surface area contributed by atoms with Crippen LogP contribution in [-0.4, -0.2) is 71.8 Å². The highest BCUT2D eigenvalue weighted by Crippen LogP contribution is 1.93. The van der Waals surface area contributed by atoms with E-state index in [1.54, 1.807) is 7.11 Å². The fourth-order valence-electron chi connectivity index (χ4n) is 1.57. The lowest BCUT2D eigenvalue weighted by Gasteiger charge is -2.14. The molecule has 1 unspecified atom stereocenters. The van der Waals surface area contributed by atoms with Crippen LogP contribution < -0.4 is 10.6 Å². The summed E-state index contributed by atoms with van der Waals surface area (Å²) in [4.78, 5) is 22.7. The first-order valence-electron chi connectivity index (χ1n) is 7.90. The summed E-state index contributed by atoms with van der Waals surface area (Å²) in [5.74, 6) is -0.00249. The van der Waals surface area contributed by atoms with Crippen LogP contribution in [0, 0.1) is 0 Å². The lowest BCUT2D eigenvalue weighted by atomic mass is 10.4. The molecule has 8 heteroatoms. The molecule has 0 bridgehead atoms. The van der Waals surface area contributed by atoms with Gasteiger partial charge < -0.3 is 29.6 Å². The predicted molar refractivity (Wildman–Crippen MR) is 85.4 cm³/mol. The zero-order valence-electron chi connectivity index (χ0n) is 14.4. The number of carbonyl (C=O) groups excluding carboxylic acids is 2. The summed E-state index contributed by atoms with van der Waals surface area (Å²) in [6.07, 6.45) is 1.16. The van der Waals surface area contributed by atoms with Gasteiger partial charge in [0.2, 0.25) is 5.91 Å². The van der Waals surface area contributed by atoms with Crippen molar-refractivity contribution in [1.82, 2.24) is 10.6 Å². The number of amides is 2. The minimum absolute atomic E-state index is 0.00249. The van der Waals surface area contributed by atoms with E-state index in [1.807, 2.05) is 6.92 Å². The van der Waals surface area contributed by atoms with Crippen molar-refractivity contribution in [1.29, 1.82) is 0 Å². The van der Waals surface area contributed by atoms with E-state index in [2.05, 4.69) is 10.6 Å². The smallest absolute Gasteiger partial charge is 0.407 e. The maximum absolute atomic E-state index is 11.4. The van der Waals surface area contributed by atoms with E-state index in [0.29, 0.717) is 45.8 Å². The Morgan fingerprint density at radius 3 is 2.48 bits per heavy atom. The van der Waals surface area contributed by atoms with E-state index in [9.17, 15) is 9.59 Å². The second-order valence-corrected chi connectivity index (χ2v) is 4.90. The summed E-state index contributed by atoms with van der Waals surface area (Å²) in [5, 5.41) is 5.39. The Labute approximate surface area is 138 Å². The van der Waals surface area contributed by atoms with E-state index >= 15 is 0 Å². The first-order valence-corrected chi connectivity index (χ1v) is 7.90. The van der Waals surface area contributed by atoms with Gasteiger partial charge in [-0.05, 0) is 12.8 Å². The number of nitrogens with one attached hydrogen (secondary N) is 2. The Morgan fingerprint density at radius 2 is 1.83 bits per heavy atom. The number of ether oxygens (including phenoxy) is 4. The number of hydrogen-bond donors (Lipinski definition) is 2. The first kappa shape index (κ1) is 21.6. The van der Waals surface area contributed by atoms with E-state index in [-0.39, 0.29) is 18.6 Å². The first-order chi connectivity index (χ1) is 11.1. The van der Waals surface area contributed by atoms with Gasteiger partial charge in [0.05, 0.1) is 13.2 Å². The molecule has 0 aliphatic carbocycles. The zero-order valence-corrected chi connectivity index (χ0v) is 14.4. The lowest BCUT2D eigenvalue weighted by molar-refractivity contribution is -0.122. The summed E-state index contributed by atoms with van der Waals surface area (Å²) in [5.41, 5.74) is 0. The quantitative estimate of drug-likeness (QED) is 0.454. The molecule has 23 heavy (non-hydrogen) atoms. The summed E-state index contributed by atoms with van der Waals surface area (Å²) >= 11 is 0. The molecule has 8 nitrogen and oxygen atoms in total. The molecule has 0 aliphatic rings. The molecule has 0 saturated carbocycles. The van der Waals surface area contributed by atoms with Gasteiger partial charge in [0.25, 0.3) is 0 Å². The molecular formula is C15H30N2O6. The molecule has 1 atom stereocenters. The molecule has 0 rings (SSSR count). The van der Waals surface area contributed by atoms with Crippen LogP contribution in [0.1, 0.15) is 26.2 Å². The summed E-state index contributed by atoms with van der Waals surface area (Å²) in [6.45, 7) is 4.50. The third kappa shape index (κ3) is 14.0. The summed E-state index contributed by atoms with van der Waals surface area (Å²) in [6, 6.07) is 0. The van der Waals surface area contributed by atoms with E-state index in [1.165, 1.54) is 7.11 Å². The number of alkyl carbamates (subject to hydrolysis) is 1. The zero-order chi connectivity index (χ0) is 17.3. The van der Waals surface area contributed by atoms with Gasteiger partial charge >= 0.3 is 6.09 Å². The van der Waals surface area contributed by atoms with Crippen molar-refractivity contribution in [3.63, 3.8) is 0 Å². The number of carbonyl (C=O) groups is 2. The van der Waals surface area contributed by atoms with Crippen LogP contribution in [0.25, 0.3) is 0 Å². The summed E-state index contributed by atoms with van der Waals surface area (Å²) < 4.78 is 20.3. The Morgan fingerprint density at radius 1 is 1.04 bits per heavy atom. The van der Waals surface area contributed by atoms with Gasteiger partial charge in [-0.1, -0.05) is 6.92 Å². The molecule has 2 amide bonds. The minimum Gasteiger partial charge on any atom is -0.447 e. The molecule has 0 saturated heterocycles. The minimum atomic E-state index is -0.498. The third-order valence-corrected chi connectivity index (χ3v) is 2.87. The van der Waals surface area contributed by atoms with E-state index in [0.717, 1.165) is 6.42 Å². The molecular weight excluding hydrogens is 304 g/mol. The van der Waals surface area contributed by atoms with Gasteiger partial charge in [-0.2, -0.15) is 0 Å². The van der Waals surface area contributed by atoms with Crippen LogP contribution in [0.5, 0.6) is 0 Å². The Bertz CT molecular complexity index is 314. The van der Waals surface area contributed by atoms with Crippen molar-refractivity contribution in [2.45, 2.75) is 32.3 Å². The van der Waals surface area contributed by atoms with Crippen molar-refractivity contribution in [2.24, 2.45) is 0 Å². The maximum Gasteiger partial charge on any atom is 0.407 e. The Kier molecular flexibility index (Phi) is 14.6. The third-order valence-electron chi connectivity index (χ3n) is 2.87. The highest BCUT2D eigenvalue weighted by molar-refractivity contribution is 5.75. The van der Waals surface area contributed by atoms with Crippen LogP contribution in [0.15, 0.2) is 0 Å². The number of rotatable bonds is 14. The van der Waals surface area contributed by atoms with Gasteiger partial charge in [0, 0.05) is 40.3 Å². The Balaban J connectivity index is 3.43. The monoisotopic (exact) mass is 334 g/mol. The molecule has 136 valence electrons. The van der Waals surface area contributed by atoms with Gasteiger partial charge in [0.15, 0.2) is 0 Å². The van der Waals surface area contributed by atoms with Crippen molar-refractivity contribution in [3.8, 4) is 0 Å². The van der Waals surface area contributed by atoms with Gasteiger partial charge in [-0.3, -0.25) is 4.79 Å². The lowest BCUT2D eigenvalue weighted by Crippen LogP contribution is -2.31. The van der Waals surface area contributed by atoms with Crippen molar-refractivity contribution >= 4 is 12.0 Å².